The zero-order valence-corrected chi connectivity index (χ0v) is 14.0. The predicted octanol–water partition coefficient (Wildman–Crippen LogP) is 2.27. The molecule has 0 unspecified atom stereocenters. The Labute approximate surface area is 144 Å². The molecule has 0 radical (unpaired) electrons. The van der Waals surface area contributed by atoms with Crippen molar-refractivity contribution in [1.29, 1.82) is 0 Å². The number of hydrogen-bond donors (Lipinski definition) is 1. The predicted molar refractivity (Wildman–Crippen MR) is 90.0 cm³/mol. The summed E-state index contributed by atoms with van der Waals surface area (Å²) in [6.45, 7) is 3.96. The van der Waals surface area contributed by atoms with Crippen molar-refractivity contribution in [3.05, 3.63) is 63.6 Å². The van der Waals surface area contributed by atoms with E-state index in [1.807, 2.05) is 0 Å². The van der Waals surface area contributed by atoms with E-state index < -0.39 is 4.92 Å². The van der Waals surface area contributed by atoms with Crippen molar-refractivity contribution in [2.45, 2.75) is 20.4 Å². The summed E-state index contributed by atoms with van der Waals surface area (Å²) in [5.41, 5.74) is 1.01. The first kappa shape index (κ1) is 18.2. The van der Waals surface area contributed by atoms with Crippen molar-refractivity contribution < 1.29 is 18.9 Å². The number of aryl methyl sites for hydroxylation is 1. The van der Waals surface area contributed by atoms with E-state index in [4.69, 9.17) is 4.42 Å². The molecular formula is C17H19N3O5. The number of hydrogen-bond acceptors (Lipinski definition) is 5. The first-order valence-corrected chi connectivity index (χ1v) is 7.75. The van der Waals surface area contributed by atoms with Crippen LogP contribution in [-0.2, 0) is 11.3 Å². The Morgan fingerprint density at radius 3 is 2.68 bits per heavy atom. The van der Waals surface area contributed by atoms with Gasteiger partial charge in [0.15, 0.2) is 0 Å². The van der Waals surface area contributed by atoms with Gasteiger partial charge in [0.05, 0.1) is 23.3 Å². The zero-order chi connectivity index (χ0) is 18.4. The number of nitro groups is 1. The van der Waals surface area contributed by atoms with Crippen LogP contribution in [0.5, 0.6) is 0 Å². The third-order valence-corrected chi connectivity index (χ3v) is 3.73. The van der Waals surface area contributed by atoms with Gasteiger partial charge in [-0.25, -0.2) is 0 Å². The summed E-state index contributed by atoms with van der Waals surface area (Å²) in [4.78, 5) is 36.2. The molecular weight excluding hydrogens is 326 g/mol. The van der Waals surface area contributed by atoms with Gasteiger partial charge in [0, 0.05) is 25.2 Å². The van der Waals surface area contributed by atoms with Gasteiger partial charge in [-0.15, -0.1) is 0 Å². The quantitative estimate of drug-likeness (QED) is 0.612. The smallest absolute Gasteiger partial charge is 0.269 e. The molecule has 0 saturated carbocycles. The minimum Gasteiger partial charge on any atom is -0.469 e. The number of rotatable bonds is 7. The summed E-state index contributed by atoms with van der Waals surface area (Å²) in [7, 11) is 0. The zero-order valence-electron chi connectivity index (χ0n) is 14.0. The lowest BCUT2D eigenvalue weighted by Crippen LogP contribution is -2.39. The van der Waals surface area contributed by atoms with Crippen LogP contribution in [0.4, 0.5) is 5.69 Å². The summed E-state index contributed by atoms with van der Waals surface area (Å²) >= 11 is 0. The van der Waals surface area contributed by atoms with Crippen LogP contribution in [0.2, 0.25) is 0 Å². The van der Waals surface area contributed by atoms with Crippen LogP contribution in [0.25, 0.3) is 0 Å². The van der Waals surface area contributed by atoms with Crippen molar-refractivity contribution in [2.75, 3.05) is 13.1 Å². The standard InChI is InChI=1S/C17H19N3O5/c1-3-19(11-13-5-4-6-14(9-13)20(23)24)16(21)10-18-17(22)15-7-8-25-12(15)2/h4-9H,3,10-11H2,1-2H3,(H,18,22). The number of nitrogens with zero attached hydrogens (tertiary/aromatic N) is 2. The highest BCUT2D eigenvalue weighted by Gasteiger charge is 2.17. The maximum Gasteiger partial charge on any atom is 0.269 e. The molecule has 132 valence electrons. The van der Waals surface area contributed by atoms with Crippen LogP contribution in [0.15, 0.2) is 41.0 Å². The monoisotopic (exact) mass is 345 g/mol. The Morgan fingerprint density at radius 1 is 1.32 bits per heavy atom. The number of furan rings is 1. The van der Waals surface area contributed by atoms with Crippen LogP contribution in [0, 0.1) is 17.0 Å². The highest BCUT2D eigenvalue weighted by Crippen LogP contribution is 2.15. The minimum atomic E-state index is -0.477. The van der Waals surface area contributed by atoms with Crippen molar-refractivity contribution in [1.82, 2.24) is 10.2 Å². The van der Waals surface area contributed by atoms with Crippen molar-refractivity contribution in [3.8, 4) is 0 Å². The van der Waals surface area contributed by atoms with Gasteiger partial charge in [0.25, 0.3) is 11.6 Å². The summed E-state index contributed by atoms with van der Waals surface area (Å²) in [5.74, 6) is -0.177. The number of carbonyl (C=O) groups excluding carboxylic acids is 2. The van der Waals surface area contributed by atoms with Gasteiger partial charge in [-0.1, -0.05) is 12.1 Å². The number of non-ortho nitro benzene ring substituents is 1. The molecule has 0 saturated heterocycles. The summed E-state index contributed by atoms with van der Waals surface area (Å²) in [5, 5.41) is 13.4. The minimum absolute atomic E-state index is 0.0234. The number of benzene rings is 1. The SMILES string of the molecule is CCN(Cc1cccc([N+](=O)[O-])c1)C(=O)CNC(=O)c1ccoc1C. The van der Waals surface area contributed by atoms with Gasteiger partial charge < -0.3 is 14.6 Å². The molecule has 0 aliphatic carbocycles. The molecule has 25 heavy (non-hydrogen) atoms. The third-order valence-electron chi connectivity index (χ3n) is 3.73. The Morgan fingerprint density at radius 2 is 2.08 bits per heavy atom. The molecule has 2 amide bonds. The number of nitrogens with one attached hydrogen (secondary N) is 1. The fourth-order valence-corrected chi connectivity index (χ4v) is 2.35. The Balaban J connectivity index is 1.97. The fourth-order valence-electron chi connectivity index (χ4n) is 2.35. The van der Waals surface area contributed by atoms with E-state index in [1.54, 1.807) is 26.0 Å². The molecule has 0 bridgehead atoms. The third kappa shape index (κ3) is 4.66. The highest BCUT2D eigenvalue weighted by molar-refractivity contribution is 5.97. The molecule has 1 N–H and O–H groups in total. The summed E-state index contributed by atoms with van der Waals surface area (Å²) < 4.78 is 5.06. The maximum absolute atomic E-state index is 12.3. The van der Waals surface area contributed by atoms with E-state index in [0.717, 1.165) is 0 Å². The number of carbonyl (C=O) groups is 2. The second-order valence-corrected chi connectivity index (χ2v) is 5.41. The van der Waals surface area contributed by atoms with E-state index in [1.165, 1.54) is 29.4 Å². The molecule has 0 spiro atoms. The molecule has 0 aliphatic heterocycles. The fraction of sp³-hybridized carbons (Fsp3) is 0.294. The van der Waals surface area contributed by atoms with E-state index in [0.29, 0.717) is 23.4 Å². The molecule has 8 heteroatoms. The van der Waals surface area contributed by atoms with Gasteiger partial charge in [0.2, 0.25) is 5.91 Å². The first-order chi connectivity index (χ1) is 11.9. The van der Waals surface area contributed by atoms with Crippen molar-refractivity contribution in [3.63, 3.8) is 0 Å². The molecule has 1 aromatic heterocycles. The second-order valence-electron chi connectivity index (χ2n) is 5.41. The molecule has 0 atom stereocenters. The Hall–Kier alpha value is -3.16. The molecule has 2 aromatic rings. The Kier molecular flexibility index (Phi) is 5.89. The van der Waals surface area contributed by atoms with Crippen molar-refractivity contribution >= 4 is 17.5 Å². The maximum atomic E-state index is 12.3. The highest BCUT2D eigenvalue weighted by atomic mass is 16.6. The van der Waals surface area contributed by atoms with Crippen molar-refractivity contribution in [2.24, 2.45) is 0 Å². The lowest BCUT2D eigenvalue weighted by Gasteiger charge is -2.21. The van der Waals surface area contributed by atoms with Crippen LogP contribution in [0.1, 0.15) is 28.6 Å². The van der Waals surface area contributed by atoms with Crippen LogP contribution >= 0.6 is 0 Å². The van der Waals surface area contributed by atoms with Gasteiger partial charge in [-0.2, -0.15) is 0 Å². The Bertz CT molecular complexity index is 784. The van der Waals surface area contributed by atoms with Crippen LogP contribution < -0.4 is 5.32 Å². The number of likely N-dealkylation sites (N-methyl/N-ethyl adjacent to an activating group) is 1. The van der Waals surface area contributed by atoms with Gasteiger partial charge >= 0.3 is 0 Å². The molecule has 8 nitrogen and oxygen atoms in total. The summed E-state index contributed by atoms with van der Waals surface area (Å²) in [6.07, 6.45) is 1.41. The first-order valence-electron chi connectivity index (χ1n) is 7.75. The van der Waals surface area contributed by atoms with Gasteiger partial charge in [-0.3, -0.25) is 19.7 Å². The van der Waals surface area contributed by atoms with Gasteiger partial charge in [-0.05, 0) is 25.5 Å². The lowest BCUT2D eigenvalue weighted by molar-refractivity contribution is -0.384. The molecule has 0 fully saturated rings. The normalized spacial score (nSPS) is 10.3. The molecule has 1 aromatic carbocycles. The molecule has 2 rings (SSSR count). The second kappa shape index (κ2) is 8.09. The van der Waals surface area contributed by atoms with E-state index in [9.17, 15) is 19.7 Å². The average Bonchev–Trinajstić information content (AvgIpc) is 3.03. The number of amides is 2. The largest absolute Gasteiger partial charge is 0.469 e. The topological polar surface area (TPSA) is 106 Å². The molecule has 1 heterocycles. The van der Waals surface area contributed by atoms with Crippen LogP contribution in [0.3, 0.4) is 0 Å². The average molecular weight is 345 g/mol. The van der Waals surface area contributed by atoms with Crippen LogP contribution in [-0.4, -0.2) is 34.7 Å². The van der Waals surface area contributed by atoms with Gasteiger partial charge in [0.1, 0.15) is 5.76 Å². The van der Waals surface area contributed by atoms with E-state index in [2.05, 4.69) is 5.32 Å². The summed E-state index contributed by atoms with van der Waals surface area (Å²) in [6, 6.07) is 7.67. The molecule has 0 aliphatic rings. The van der Waals surface area contributed by atoms with E-state index in [-0.39, 0.29) is 30.6 Å². The van der Waals surface area contributed by atoms with E-state index >= 15 is 0 Å². The lowest BCUT2D eigenvalue weighted by atomic mass is 10.2. The number of nitro benzene ring substituents is 1.